The third kappa shape index (κ3) is 7.37. The van der Waals surface area contributed by atoms with Crippen molar-refractivity contribution in [2.24, 2.45) is 11.8 Å². The Morgan fingerprint density at radius 3 is 2.05 bits per heavy atom. The van der Waals surface area contributed by atoms with Crippen LogP contribution in [0, 0.1) is 11.8 Å². The summed E-state index contributed by atoms with van der Waals surface area (Å²) in [4.78, 5) is 5.39. The number of rotatable bonds is 9. The van der Waals surface area contributed by atoms with E-state index in [1.54, 1.807) is 4.91 Å². The Balaban J connectivity index is 0.995. The lowest BCUT2D eigenvalue weighted by Gasteiger charge is -2.27. The Labute approximate surface area is 358 Å². The summed E-state index contributed by atoms with van der Waals surface area (Å²) in [5.74, 6) is 0.895. The molecule has 59 heavy (non-hydrogen) atoms. The predicted molar refractivity (Wildman–Crippen MR) is 260 cm³/mol. The van der Waals surface area contributed by atoms with Gasteiger partial charge in [-0.15, -0.1) is 23.1 Å². The van der Waals surface area contributed by atoms with Crippen molar-refractivity contribution >= 4 is 67.5 Å². The largest absolute Gasteiger partial charge is 0.311 e. The molecule has 0 N–H and O–H groups in total. The second-order valence-electron chi connectivity index (χ2n) is 16.4. The third-order valence-electron chi connectivity index (χ3n) is 12.6. The van der Waals surface area contributed by atoms with Gasteiger partial charge in [0.2, 0.25) is 0 Å². The van der Waals surface area contributed by atoms with Gasteiger partial charge >= 0.3 is 0 Å². The van der Waals surface area contributed by atoms with Gasteiger partial charge in [0.25, 0.3) is 0 Å². The van der Waals surface area contributed by atoms with Crippen LogP contribution in [0.15, 0.2) is 181 Å². The fourth-order valence-corrected chi connectivity index (χ4v) is 12.1. The second kappa shape index (κ2) is 16.2. The van der Waals surface area contributed by atoms with Gasteiger partial charge < -0.3 is 4.90 Å². The lowest BCUT2D eigenvalue weighted by atomic mass is 9.81. The Bertz CT molecular complexity index is 2750. The van der Waals surface area contributed by atoms with Gasteiger partial charge in [-0.25, -0.2) is 0 Å². The van der Waals surface area contributed by atoms with Gasteiger partial charge in [-0.2, -0.15) is 0 Å². The molecule has 1 aliphatic heterocycles. The van der Waals surface area contributed by atoms with Gasteiger partial charge in [0.15, 0.2) is 0 Å². The van der Waals surface area contributed by atoms with Crippen LogP contribution in [0.2, 0.25) is 0 Å². The highest BCUT2D eigenvalue weighted by molar-refractivity contribution is 8.04. The summed E-state index contributed by atoms with van der Waals surface area (Å²) >= 11 is 3.98. The van der Waals surface area contributed by atoms with E-state index in [0.29, 0.717) is 17.1 Å². The van der Waals surface area contributed by atoms with Gasteiger partial charge in [0.1, 0.15) is 0 Å². The van der Waals surface area contributed by atoms with Crippen LogP contribution >= 0.6 is 23.1 Å². The number of anilines is 3. The van der Waals surface area contributed by atoms with Crippen LogP contribution in [-0.4, -0.2) is 5.25 Å². The number of allylic oxidation sites excluding steroid dienone is 12. The summed E-state index contributed by atoms with van der Waals surface area (Å²) in [6, 6.07) is 43.6. The molecule has 5 aromatic carbocycles. The average molecular weight is 800 g/mol. The molecule has 0 spiro atoms. The maximum atomic E-state index is 3.93. The maximum absolute atomic E-state index is 3.93. The number of thiophene rings is 1. The van der Waals surface area contributed by atoms with E-state index in [1.807, 2.05) is 17.4 Å². The standard InChI is InChI=1S/C56H49NS2/c1-4-5-16-49-38(3)58-56-33-37(2)51(36-53(49)56)42-23-30-48(31-24-42)57(46-26-19-40(20-27-46)44-15-11-14-43(34-44)39-12-7-6-8-13-39)47-28-21-41(22-29-47)45-25-32-55-52(35-45)50-17-9-10-18-54(50)59-55/h4-7,10-12,14-16,18-32,34-38,49H,1,8-9,13,17,33H2,2-3H3/b16-5-. The molecule has 0 saturated heterocycles. The minimum Gasteiger partial charge on any atom is -0.311 e. The highest BCUT2D eigenvalue weighted by Crippen LogP contribution is 2.51. The summed E-state index contributed by atoms with van der Waals surface area (Å²) in [7, 11) is 0. The fourth-order valence-electron chi connectivity index (χ4n) is 9.43. The van der Waals surface area contributed by atoms with Crippen molar-refractivity contribution in [1.29, 1.82) is 0 Å². The first kappa shape index (κ1) is 37.6. The maximum Gasteiger partial charge on any atom is 0.0462 e. The molecule has 3 atom stereocenters. The van der Waals surface area contributed by atoms with E-state index in [9.17, 15) is 0 Å². The quantitative estimate of drug-likeness (QED) is 0.134. The van der Waals surface area contributed by atoms with Crippen LogP contribution in [0.1, 0.15) is 61.1 Å². The molecule has 4 aliphatic rings. The smallest absolute Gasteiger partial charge is 0.0462 e. The zero-order valence-corrected chi connectivity index (χ0v) is 35.5. The lowest BCUT2D eigenvalue weighted by molar-refractivity contribution is 0.721. The van der Waals surface area contributed by atoms with Crippen LogP contribution < -0.4 is 4.90 Å². The first-order valence-electron chi connectivity index (χ1n) is 21.2. The SMILES string of the molecule is C=C/C=C\C1C2=C(CC(C)C(c3ccc(N(c4ccc(-c5cccc(C6=CC=CCC6)c5)cc4)c4ccc(-c5ccc6sc7c(c6c5)CCC=C7)cc4)cc3)=C2)SC1C. The molecule has 3 aliphatic carbocycles. The van der Waals surface area contributed by atoms with E-state index < -0.39 is 0 Å². The zero-order chi connectivity index (χ0) is 39.9. The molecule has 1 nitrogen and oxygen atoms in total. The fraction of sp³-hybridized carbons (Fsp3) is 0.179. The van der Waals surface area contributed by atoms with Crippen molar-refractivity contribution in [2.45, 2.75) is 51.2 Å². The minimum absolute atomic E-state index is 0.426. The number of hydrogen-bond acceptors (Lipinski definition) is 3. The van der Waals surface area contributed by atoms with Gasteiger partial charge in [-0.1, -0.05) is 130 Å². The molecule has 0 amide bonds. The summed E-state index contributed by atoms with van der Waals surface area (Å²) < 4.78 is 1.38. The molecule has 3 heteroatoms. The summed E-state index contributed by atoms with van der Waals surface area (Å²) in [5, 5.41) is 1.96. The van der Waals surface area contributed by atoms with Gasteiger partial charge in [0, 0.05) is 37.8 Å². The number of benzene rings is 5. The Morgan fingerprint density at radius 1 is 0.695 bits per heavy atom. The topological polar surface area (TPSA) is 3.24 Å². The van der Waals surface area contributed by atoms with Crippen molar-refractivity contribution < 1.29 is 0 Å². The molecular formula is C56H49NS2. The molecule has 0 bridgehead atoms. The van der Waals surface area contributed by atoms with E-state index in [4.69, 9.17) is 0 Å². The number of aryl methyl sites for hydroxylation is 1. The van der Waals surface area contributed by atoms with Gasteiger partial charge in [-0.05, 0) is 165 Å². The normalized spacial score (nSPS) is 19.8. The molecular weight excluding hydrogens is 751 g/mol. The molecule has 10 rings (SSSR count). The molecule has 6 aromatic rings. The van der Waals surface area contributed by atoms with Gasteiger partial charge in [0.05, 0.1) is 0 Å². The average Bonchev–Trinajstić information content (AvgIpc) is 3.81. The molecule has 0 fully saturated rings. The van der Waals surface area contributed by atoms with Crippen molar-refractivity contribution in [3.8, 4) is 22.3 Å². The molecule has 3 unspecified atom stereocenters. The van der Waals surface area contributed by atoms with Crippen LogP contribution in [-0.2, 0) is 6.42 Å². The predicted octanol–water partition coefficient (Wildman–Crippen LogP) is 16.6. The van der Waals surface area contributed by atoms with E-state index in [-0.39, 0.29) is 0 Å². The molecule has 0 saturated carbocycles. The monoisotopic (exact) mass is 799 g/mol. The third-order valence-corrected chi connectivity index (χ3v) is 15.1. The summed E-state index contributed by atoms with van der Waals surface area (Å²) in [5.41, 5.74) is 16.9. The number of hydrogen-bond donors (Lipinski definition) is 0. The highest BCUT2D eigenvalue weighted by atomic mass is 32.2. The minimum atomic E-state index is 0.426. The zero-order valence-electron chi connectivity index (χ0n) is 33.9. The Morgan fingerprint density at radius 2 is 1.36 bits per heavy atom. The van der Waals surface area contributed by atoms with Crippen molar-refractivity contribution in [2.75, 3.05) is 4.90 Å². The number of nitrogens with zero attached hydrogens (tertiary/aromatic N) is 1. The van der Waals surface area contributed by atoms with E-state index in [0.717, 1.165) is 49.2 Å². The molecule has 290 valence electrons. The highest BCUT2D eigenvalue weighted by Gasteiger charge is 2.34. The van der Waals surface area contributed by atoms with Gasteiger partial charge in [-0.3, -0.25) is 0 Å². The molecule has 0 radical (unpaired) electrons. The number of thioether (sulfide) groups is 1. The first-order chi connectivity index (χ1) is 29.0. The summed E-state index contributed by atoms with van der Waals surface area (Å²) in [6.45, 7) is 8.68. The molecule has 2 heterocycles. The number of fused-ring (bicyclic) bond motifs is 3. The second-order valence-corrected chi connectivity index (χ2v) is 18.9. The van der Waals surface area contributed by atoms with Crippen LogP contribution in [0.4, 0.5) is 17.1 Å². The van der Waals surface area contributed by atoms with Crippen LogP contribution in [0.5, 0.6) is 0 Å². The molecule has 1 aromatic heterocycles. The van der Waals surface area contributed by atoms with Crippen molar-refractivity contribution in [3.05, 3.63) is 202 Å². The van der Waals surface area contributed by atoms with E-state index in [2.05, 4.69) is 201 Å². The van der Waals surface area contributed by atoms with Crippen LogP contribution in [0.3, 0.4) is 0 Å². The Hall–Kier alpha value is -5.61. The summed E-state index contributed by atoms with van der Waals surface area (Å²) in [6.07, 6.45) is 25.7. The van der Waals surface area contributed by atoms with E-state index >= 15 is 0 Å². The van der Waals surface area contributed by atoms with E-state index in [1.165, 1.54) is 70.6 Å². The first-order valence-corrected chi connectivity index (χ1v) is 22.9. The lowest BCUT2D eigenvalue weighted by Crippen LogP contribution is -2.11. The van der Waals surface area contributed by atoms with Crippen molar-refractivity contribution in [1.82, 2.24) is 0 Å². The Kier molecular flexibility index (Phi) is 10.3. The van der Waals surface area contributed by atoms with Crippen molar-refractivity contribution in [3.63, 3.8) is 0 Å². The van der Waals surface area contributed by atoms with Crippen LogP contribution in [0.25, 0.3) is 49.6 Å².